The van der Waals surface area contributed by atoms with Gasteiger partial charge in [-0.1, -0.05) is 26.0 Å². The van der Waals surface area contributed by atoms with Gasteiger partial charge < -0.3 is 4.90 Å². The van der Waals surface area contributed by atoms with E-state index in [4.69, 9.17) is 11.6 Å². The van der Waals surface area contributed by atoms with Gasteiger partial charge in [0.2, 0.25) is 0 Å². The molecule has 0 spiro atoms. The van der Waals surface area contributed by atoms with Gasteiger partial charge >= 0.3 is 0 Å². The van der Waals surface area contributed by atoms with Gasteiger partial charge in [0.25, 0.3) is 5.91 Å². The van der Waals surface area contributed by atoms with Crippen molar-refractivity contribution in [3.05, 3.63) is 35.4 Å². The summed E-state index contributed by atoms with van der Waals surface area (Å²) in [5, 5.41) is 0. The standard InChI is InChI=1S/C16H22ClNO/c1-12(2)13-6-8-14(9-7-13)16(19)18-10-4-3-5-15(18)11-17/h6-9,12,15H,3-5,10-11H2,1-2H3. The molecule has 1 fully saturated rings. The van der Waals surface area contributed by atoms with Crippen LogP contribution in [0.1, 0.15) is 54.9 Å². The molecule has 1 atom stereocenters. The second kappa shape index (κ2) is 6.42. The van der Waals surface area contributed by atoms with Crippen molar-refractivity contribution in [2.75, 3.05) is 12.4 Å². The van der Waals surface area contributed by atoms with Crippen LogP contribution in [0.5, 0.6) is 0 Å². The summed E-state index contributed by atoms with van der Waals surface area (Å²) < 4.78 is 0. The van der Waals surface area contributed by atoms with Crippen LogP contribution in [0.2, 0.25) is 0 Å². The minimum absolute atomic E-state index is 0.126. The molecule has 1 amide bonds. The van der Waals surface area contributed by atoms with Gasteiger partial charge in [-0.2, -0.15) is 0 Å². The molecule has 2 nitrogen and oxygen atoms in total. The predicted octanol–water partition coefficient (Wildman–Crippen LogP) is 4.04. The first-order valence-electron chi connectivity index (χ1n) is 7.10. The normalized spacial score (nSPS) is 19.8. The fraction of sp³-hybridized carbons (Fsp3) is 0.562. The van der Waals surface area contributed by atoms with E-state index in [9.17, 15) is 4.79 Å². The maximum absolute atomic E-state index is 12.5. The summed E-state index contributed by atoms with van der Waals surface area (Å²) >= 11 is 5.98. The van der Waals surface area contributed by atoms with Crippen molar-refractivity contribution >= 4 is 17.5 Å². The van der Waals surface area contributed by atoms with Crippen molar-refractivity contribution in [2.45, 2.75) is 45.1 Å². The number of hydrogen-bond acceptors (Lipinski definition) is 1. The Morgan fingerprint density at radius 3 is 2.58 bits per heavy atom. The molecule has 1 aliphatic heterocycles. The molecule has 0 radical (unpaired) electrons. The van der Waals surface area contributed by atoms with Gasteiger partial charge in [-0.15, -0.1) is 11.6 Å². The molecule has 1 aromatic rings. The molecule has 0 bridgehead atoms. The molecule has 19 heavy (non-hydrogen) atoms. The van der Waals surface area contributed by atoms with E-state index in [2.05, 4.69) is 26.0 Å². The smallest absolute Gasteiger partial charge is 0.254 e. The first-order chi connectivity index (χ1) is 9.13. The first-order valence-corrected chi connectivity index (χ1v) is 7.64. The summed E-state index contributed by atoms with van der Waals surface area (Å²) in [5.41, 5.74) is 2.05. The summed E-state index contributed by atoms with van der Waals surface area (Å²) in [5.74, 6) is 1.16. The molecule has 2 rings (SSSR count). The van der Waals surface area contributed by atoms with E-state index in [-0.39, 0.29) is 11.9 Å². The first kappa shape index (κ1) is 14.4. The lowest BCUT2D eigenvalue weighted by Crippen LogP contribution is -2.44. The van der Waals surface area contributed by atoms with E-state index < -0.39 is 0 Å². The number of benzene rings is 1. The third kappa shape index (κ3) is 3.30. The topological polar surface area (TPSA) is 20.3 Å². The number of nitrogens with zero attached hydrogens (tertiary/aromatic N) is 1. The highest BCUT2D eigenvalue weighted by molar-refractivity contribution is 6.18. The number of hydrogen-bond donors (Lipinski definition) is 0. The van der Waals surface area contributed by atoms with E-state index in [1.54, 1.807) is 0 Å². The predicted molar refractivity (Wildman–Crippen MR) is 79.9 cm³/mol. The molecular weight excluding hydrogens is 258 g/mol. The molecule has 104 valence electrons. The van der Waals surface area contributed by atoms with Crippen molar-refractivity contribution in [1.29, 1.82) is 0 Å². The number of alkyl halides is 1. The molecule has 3 heteroatoms. The number of piperidine rings is 1. The summed E-state index contributed by atoms with van der Waals surface area (Å²) in [6.45, 7) is 5.15. The van der Waals surface area contributed by atoms with Crippen LogP contribution in [0, 0.1) is 0 Å². The zero-order chi connectivity index (χ0) is 13.8. The number of carbonyl (C=O) groups is 1. The van der Waals surface area contributed by atoms with Crippen molar-refractivity contribution in [3.63, 3.8) is 0 Å². The monoisotopic (exact) mass is 279 g/mol. The lowest BCUT2D eigenvalue weighted by Gasteiger charge is -2.34. The number of halogens is 1. The number of likely N-dealkylation sites (tertiary alicyclic amines) is 1. The summed E-state index contributed by atoms with van der Waals surface area (Å²) in [6.07, 6.45) is 3.29. The number of rotatable bonds is 3. The summed E-state index contributed by atoms with van der Waals surface area (Å²) in [7, 11) is 0. The van der Waals surface area contributed by atoms with Crippen LogP contribution in [0.3, 0.4) is 0 Å². The van der Waals surface area contributed by atoms with Gasteiger partial charge in [-0.25, -0.2) is 0 Å². The van der Waals surface area contributed by atoms with Gasteiger partial charge in [0.1, 0.15) is 0 Å². The lowest BCUT2D eigenvalue weighted by atomic mass is 9.99. The van der Waals surface area contributed by atoms with Crippen LogP contribution in [0.25, 0.3) is 0 Å². The van der Waals surface area contributed by atoms with E-state index in [1.807, 2.05) is 17.0 Å². The summed E-state index contributed by atoms with van der Waals surface area (Å²) in [6, 6.07) is 8.19. The van der Waals surface area contributed by atoms with Crippen LogP contribution in [0.15, 0.2) is 24.3 Å². The molecule has 1 saturated heterocycles. The fourth-order valence-electron chi connectivity index (χ4n) is 2.60. The van der Waals surface area contributed by atoms with Gasteiger partial charge in [-0.3, -0.25) is 4.79 Å². The quantitative estimate of drug-likeness (QED) is 0.765. The van der Waals surface area contributed by atoms with Crippen molar-refractivity contribution < 1.29 is 4.79 Å². The second-order valence-corrected chi connectivity index (χ2v) is 5.89. The Balaban J connectivity index is 2.13. The molecule has 1 aliphatic rings. The Bertz CT molecular complexity index is 427. The molecule has 1 heterocycles. The highest BCUT2D eigenvalue weighted by atomic mass is 35.5. The van der Waals surface area contributed by atoms with Crippen LogP contribution < -0.4 is 0 Å². The van der Waals surface area contributed by atoms with E-state index in [1.165, 1.54) is 12.0 Å². The minimum atomic E-state index is 0.126. The van der Waals surface area contributed by atoms with Gasteiger partial charge in [0.15, 0.2) is 0 Å². The average Bonchev–Trinajstić information content (AvgIpc) is 2.46. The van der Waals surface area contributed by atoms with Crippen molar-refractivity contribution in [2.24, 2.45) is 0 Å². The molecule has 0 aliphatic carbocycles. The van der Waals surface area contributed by atoms with Crippen molar-refractivity contribution in [3.8, 4) is 0 Å². The van der Waals surface area contributed by atoms with E-state index in [0.717, 1.165) is 24.9 Å². The Hall–Kier alpha value is -1.02. The van der Waals surface area contributed by atoms with Crippen LogP contribution in [0.4, 0.5) is 0 Å². The van der Waals surface area contributed by atoms with Crippen molar-refractivity contribution in [1.82, 2.24) is 4.90 Å². The molecule has 0 saturated carbocycles. The Kier molecular flexibility index (Phi) is 4.87. The molecule has 1 aromatic carbocycles. The van der Waals surface area contributed by atoms with E-state index in [0.29, 0.717) is 11.8 Å². The average molecular weight is 280 g/mol. The molecule has 1 unspecified atom stereocenters. The summed E-state index contributed by atoms with van der Waals surface area (Å²) in [4.78, 5) is 14.5. The number of amides is 1. The van der Waals surface area contributed by atoms with Gasteiger partial charge in [0.05, 0.1) is 0 Å². The highest BCUT2D eigenvalue weighted by Crippen LogP contribution is 2.22. The maximum Gasteiger partial charge on any atom is 0.254 e. The molecule has 0 N–H and O–H groups in total. The Morgan fingerprint density at radius 2 is 2.00 bits per heavy atom. The van der Waals surface area contributed by atoms with Crippen LogP contribution in [-0.4, -0.2) is 29.3 Å². The third-order valence-corrected chi connectivity index (χ3v) is 4.25. The molecular formula is C16H22ClNO. The SMILES string of the molecule is CC(C)c1ccc(C(=O)N2CCCCC2CCl)cc1. The van der Waals surface area contributed by atoms with E-state index >= 15 is 0 Å². The number of carbonyl (C=O) groups excluding carboxylic acids is 1. The Morgan fingerprint density at radius 1 is 1.32 bits per heavy atom. The van der Waals surface area contributed by atoms with Crippen LogP contribution in [-0.2, 0) is 0 Å². The second-order valence-electron chi connectivity index (χ2n) is 5.58. The zero-order valence-electron chi connectivity index (χ0n) is 11.7. The highest BCUT2D eigenvalue weighted by Gasteiger charge is 2.26. The fourth-order valence-corrected chi connectivity index (χ4v) is 2.93. The third-order valence-electron chi connectivity index (χ3n) is 3.89. The maximum atomic E-state index is 12.5. The largest absolute Gasteiger partial charge is 0.334 e. The van der Waals surface area contributed by atoms with Gasteiger partial charge in [0, 0.05) is 24.0 Å². The Labute approximate surface area is 120 Å². The van der Waals surface area contributed by atoms with Gasteiger partial charge in [-0.05, 0) is 42.9 Å². The molecule has 0 aromatic heterocycles. The lowest BCUT2D eigenvalue weighted by molar-refractivity contribution is 0.0639. The van der Waals surface area contributed by atoms with Crippen LogP contribution >= 0.6 is 11.6 Å². The zero-order valence-corrected chi connectivity index (χ0v) is 12.5. The minimum Gasteiger partial charge on any atom is -0.334 e.